The Kier molecular flexibility index (Phi) is 23.3. The summed E-state index contributed by atoms with van der Waals surface area (Å²) in [7, 11) is 0. The number of nitrogens with two attached hydrogens (primary N) is 1. The zero-order chi connectivity index (χ0) is 23.7. The molecule has 0 fully saturated rings. The van der Waals surface area contributed by atoms with Crippen LogP contribution >= 0.6 is 0 Å². The van der Waals surface area contributed by atoms with Crippen LogP contribution in [0.25, 0.3) is 0 Å². The van der Waals surface area contributed by atoms with E-state index in [-0.39, 0.29) is 5.91 Å². The molecule has 188 valence electrons. The molecule has 2 amide bonds. The molecule has 0 aromatic heterocycles. The third kappa shape index (κ3) is 21.9. The van der Waals surface area contributed by atoms with Crippen LogP contribution in [0.3, 0.4) is 0 Å². The van der Waals surface area contributed by atoms with E-state index in [2.05, 4.69) is 13.8 Å². The van der Waals surface area contributed by atoms with Crippen molar-refractivity contribution in [1.82, 2.24) is 4.90 Å². The SMILES string of the molecule is CCCCCCCCCCCCN(CCCCCCCCCCCC)C(=O)/C=C\C(N)=O. The van der Waals surface area contributed by atoms with Crippen LogP contribution in [0, 0.1) is 0 Å². The lowest BCUT2D eigenvalue weighted by Gasteiger charge is -2.21. The molecule has 0 aromatic carbocycles. The van der Waals surface area contributed by atoms with Gasteiger partial charge in [-0.3, -0.25) is 9.59 Å². The second-order valence-corrected chi connectivity index (χ2v) is 9.42. The van der Waals surface area contributed by atoms with Gasteiger partial charge in [-0.2, -0.15) is 0 Å². The summed E-state index contributed by atoms with van der Waals surface area (Å²) in [6.45, 7) is 6.09. The van der Waals surface area contributed by atoms with Gasteiger partial charge in [0.15, 0.2) is 0 Å². The number of carbonyl (C=O) groups is 2. The Morgan fingerprint density at radius 3 is 1.16 bits per heavy atom. The first-order valence-electron chi connectivity index (χ1n) is 13.9. The van der Waals surface area contributed by atoms with Crippen molar-refractivity contribution in [1.29, 1.82) is 0 Å². The van der Waals surface area contributed by atoms with Crippen LogP contribution < -0.4 is 5.73 Å². The Morgan fingerprint density at radius 1 is 0.531 bits per heavy atom. The first-order chi connectivity index (χ1) is 15.6. The molecule has 0 bridgehead atoms. The molecular weight excluding hydrogens is 396 g/mol. The van der Waals surface area contributed by atoms with Crippen LogP contribution in [-0.4, -0.2) is 29.8 Å². The monoisotopic (exact) mass is 450 g/mol. The summed E-state index contributed by atoms with van der Waals surface area (Å²) in [5.41, 5.74) is 5.16. The molecule has 0 aromatic rings. The van der Waals surface area contributed by atoms with Gasteiger partial charge in [-0.1, -0.05) is 129 Å². The molecule has 0 rings (SSSR count). The maximum Gasteiger partial charge on any atom is 0.246 e. The van der Waals surface area contributed by atoms with Crippen LogP contribution in [-0.2, 0) is 9.59 Å². The van der Waals surface area contributed by atoms with Crippen LogP contribution in [0.2, 0.25) is 0 Å². The minimum absolute atomic E-state index is 0.0735. The van der Waals surface area contributed by atoms with Gasteiger partial charge in [-0.05, 0) is 12.8 Å². The number of carbonyl (C=O) groups excluding carboxylic acids is 2. The number of amides is 2. The highest BCUT2D eigenvalue weighted by Crippen LogP contribution is 2.13. The van der Waals surface area contributed by atoms with Crippen LogP contribution in [0.5, 0.6) is 0 Å². The van der Waals surface area contributed by atoms with Gasteiger partial charge in [0.05, 0.1) is 0 Å². The van der Waals surface area contributed by atoms with Crippen molar-refractivity contribution in [3.8, 4) is 0 Å². The number of primary amides is 1. The van der Waals surface area contributed by atoms with E-state index in [1.165, 1.54) is 128 Å². The molecule has 0 atom stereocenters. The van der Waals surface area contributed by atoms with Gasteiger partial charge in [0.2, 0.25) is 11.8 Å². The van der Waals surface area contributed by atoms with E-state index in [1.54, 1.807) is 0 Å². The fourth-order valence-corrected chi connectivity index (χ4v) is 4.17. The maximum absolute atomic E-state index is 12.5. The molecule has 4 heteroatoms. The molecule has 0 saturated carbocycles. The van der Waals surface area contributed by atoms with E-state index in [0.717, 1.165) is 25.9 Å². The van der Waals surface area contributed by atoms with E-state index in [4.69, 9.17) is 5.73 Å². The number of hydrogen-bond acceptors (Lipinski definition) is 2. The molecular formula is C28H54N2O2. The number of nitrogens with zero attached hydrogens (tertiary/aromatic N) is 1. The first-order valence-corrected chi connectivity index (χ1v) is 13.9. The summed E-state index contributed by atoms with van der Waals surface area (Å²) in [5, 5.41) is 0. The second kappa shape index (κ2) is 24.3. The molecule has 0 radical (unpaired) electrons. The lowest BCUT2D eigenvalue weighted by Crippen LogP contribution is -2.32. The van der Waals surface area contributed by atoms with Crippen LogP contribution in [0.4, 0.5) is 0 Å². The predicted molar refractivity (Wildman–Crippen MR) is 139 cm³/mol. The largest absolute Gasteiger partial charge is 0.366 e. The summed E-state index contributed by atoms with van der Waals surface area (Å²) >= 11 is 0. The van der Waals surface area contributed by atoms with E-state index < -0.39 is 5.91 Å². The van der Waals surface area contributed by atoms with Gasteiger partial charge in [0.25, 0.3) is 0 Å². The zero-order valence-electron chi connectivity index (χ0n) is 21.6. The van der Waals surface area contributed by atoms with Crippen molar-refractivity contribution in [3.63, 3.8) is 0 Å². The summed E-state index contributed by atoms with van der Waals surface area (Å²) in [4.78, 5) is 25.4. The van der Waals surface area contributed by atoms with Crippen LogP contribution in [0.1, 0.15) is 142 Å². The Hall–Kier alpha value is -1.32. The normalized spacial score (nSPS) is 11.3. The van der Waals surface area contributed by atoms with Crippen molar-refractivity contribution < 1.29 is 9.59 Å². The third-order valence-corrected chi connectivity index (χ3v) is 6.27. The highest BCUT2D eigenvalue weighted by Gasteiger charge is 2.10. The molecule has 0 aliphatic carbocycles. The van der Waals surface area contributed by atoms with Gasteiger partial charge >= 0.3 is 0 Å². The predicted octanol–water partition coefficient (Wildman–Crippen LogP) is 7.70. The minimum atomic E-state index is -0.559. The Bertz CT molecular complexity index is 438. The van der Waals surface area contributed by atoms with E-state index in [1.807, 2.05) is 4.90 Å². The summed E-state index contributed by atoms with van der Waals surface area (Å²) in [6, 6.07) is 0. The highest BCUT2D eigenvalue weighted by atomic mass is 16.2. The Morgan fingerprint density at radius 2 is 0.844 bits per heavy atom. The Balaban J connectivity index is 3.96. The Labute approximate surface area is 199 Å². The second-order valence-electron chi connectivity index (χ2n) is 9.42. The molecule has 0 aliphatic rings. The van der Waals surface area contributed by atoms with Crippen LogP contribution in [0.15, 0.2) is 12.2 Å². The average Bonchev–Trinajstić information content (AvgIpc) is 2.78. The van der Waals surface area contributed by atoms with Crippen molar-refractivity contribution in [2.75, 3.05) is 13.1 Å². The molecule has 32 heavy (non-hydrogen) atoms. The van der Waals surface area contributed by atoms with E-state index >= 15 is 0 Å². The standard InChI is InChI=1S/C28H54N2O2/c1-3-5-7-9-11-13-15-17-19-21-25-30(28(32)24-23-27(29)31)26-22-20-18-16-14-12-10-8-6-4-2/h23-24H,3-22,25-26H2,1-2H3,(H2,29,31)/b24-23-. The fraction of sp³-hybridized carbons (Fsp3) is 0.857. The maximum atomic E-state index is 12.5. The van der Waals surface area contributed by atoms with Gasteiger partial charge in [-0.15, -0.1) is 0 Å². The van der Waals surface area contributed by atoms with Crippen molar-refractivity contribution in [3.05, 3.63) is 12.2 Å². The highest BCUT2D eigenvalue weighted by molar-refractivity contribution is 5.95. The molecule has 0 unspecified atom stereocenters. The molecule has 0 aliphatic heterocycles. The number of unbranched alkanes of at least 4 members (excludes halogenated alkanes) is 18. The van der Waals surface area contributed by atoms with Gasteiger partial charge in [-0.25, -0.2) is 0 Å². The first kappa shape index (κ1) is 30.7. The lowest BCUT2D eigenvalue weighted by molar-refractivity contribution is -0.126. The minimum Gasteiger partial charge on any atom is -0.366 e. The molecule has 0 heterocycles. The lowest BCUT2D eigenvalue weighted by atomic mass is 10.1. The zero-order valence-corrected chi connectivity index (χ0v) is 21.6. The summed E-state index contributed by atoms with van der Waals surface area (Å²) in [5.74, 6) is -0.633. The summed E-state index contributed by atoms with van der Waals surface area (Å²) in [6.07, 6.45) is 28.4. The fourth-order valence-electron chi connectivity index (χ4n) is 4.17. The number of hydrogen-bond donors (Lipinski definition) is 1. The summed E-state index contributed by atoms with van der Waals surface area (Å²) < 4.78 is 0. The van der Waals surface area contributed by atoms with E-state index in [0.29, 0.717) is 0 Å². The van der Waals surface area contributed by atoms with Crippen molar-refractivity contribution >= 4 is 11.8 Å². The van der Waals surface area contributed by atoms with Gasteiger partial charge < -0.3 is 10.6 Å². The molecule has 0 saturated heterocycles. The number of rotatable bonds is 24. The van der Waals surface area contributed by atoms with Gasteiger partial charge in [0.1, 0.15) is 0 Å². The van der Waals surface area contributed by atoms with Crippen molar-refractivity contribution in [2.24, 2.45) is 5.73 Å². The molecule has 0 spiro atoms. The quantitative estimate of drug-likeness (QED) is 0.121. The van der Waals surface area contributed by atoms with Crippen molar-refractivity contribution in [2.45, 2.75) is 142 Å². The molecule has 2 N–H and O–H groups in total. The molecule has 4 nitrogen and oxygen atoms in total. The van der Waals surface area contributed by atoms with Gasteiger partial charge in [0, 0.05) is 25.2 Å². The van der Waals surface area contributed by atoms with E-state index in [9.17, 15) is 9.59 Å². The smallest absolute Gasteiger partial charge is 0.246 e. The third-order valence-electron chi connectivity index (χ3n) is 6.27. The average molecular weight is 451 g/mol. The topological polar surface area (TPSA) is 63.4 Å².